The Bertz CT molecular complexity index is 177. The van der Waals surface area contributed by atoms with Crippen molar-refractivity contribution in [2.24, 2.45) is 17.6 Å². The lowest BCUT2D eigenvalue weighted by molar-refractivity contribution is 0.302. The van der Waals surface area contributed by atoms with Crippen LogP contribution in [0, 0.1) is 11.8 Å². The van der Waals surface area contributed by atoms with Crippen LogP contribution in [-0.2, 0) is 0 Å². The third-order valence-electron chi connectivity index (χ3n) is 3.95. The number of hydrogen-bond acceptors (Lipinski definition) is 2. The summed E-state index contributed by atoms with van der Waals surface area (Å²) in [7, 11) is 0. The average molecular weight is 196 g/mol. The Labute approximate surface area is 87.8 Å². The van der Waals surface area contributed by atoms with Gasteiger partial charge >= 0.3 is 0 Å². The largest absolute Gasteiger partial charge is 0.327 e. The van der Waals surface area contributed by atoms with Gasteiger partial charge in [0.25, 0.3) is 0 Å². The van der Waals surface area contributed by atoms with Crippen LogP contribution in [0.2, 0.25) is 0 Å². The van der Waals surface area contributed by atoms with E-state index < -0.39 is 0 Å². The van der Waals surface area contributed by atoms with Crippen molar-refractivity contribution >= 4 is 0 Å². The van der Waals surface area contributed by atoms with Crippen molar-refractivity contribution < 1.29 is 0 Å². The summed E-state index contributed by atoms with van der Waals surface area (Å²) < 4.78 is 0. The molecule has 14 heavy (non-hydrogen) atoms. The van der Waals surface area contributed by atoms with Crippen LogP contribution in [0.25, 0.3) is 0 Å². The van der Waals surface area contributed by atoms with Gasteiger partial charge in [-0.2, -0.15) is 0 Å². The van der Waals surface area contributed by atoms with Crippen LogP contribution in [-0.4, -0.2) is 30.6 Å². The molecule has 2 fully saturated rings. The van der Waals surface area contributed by atoms with Gasteiger partial charge in [-0.15, -0.1) is 0 Å². The van der Waals surface area contributed by atoms with Crippen LogP contribution in [0.3, 0.4) is 0 Å². The van der Waals surface area contributed by atoms with E-state index in [1.54, 1.807) is 0 Å². The smallest absolute Gasteiger partial charge is 0.00793 e. The number of rotatable bonds is 5. The van der Waals surface area contributed by atoms with Gasteiger partial charge in [0.1, 0.15) is 0 Å². The molecule has 2 N–H and O–H groups in total. The quantitative estimate of drug-likeness (QED) is 0.727. The highest BCUT2D eigenvalue weighted by molar-refractivity contribution is 4.85. The fraction of sp³-hybridized carbons (Fsp3) is 1.00. The minimum atomic E-state index is 0.496. The summed E-state index contributed by atoms with van der Waals surface area (Å²) in [6.07, 6.45) is 6.76. The van der Waals surface area contributed by atoms with E-state index in [0.717, 1.165) is 11.8 Å². The molecular weight excluding hydrogens is 172 g/mol. The second-order valence-electron chi connectivity index (χ2n) is 5.15. The van der Waals surface area contributed by atoms with E-state index in [2.05, 4.69) is 11.8 Å². The van der Waals surface area contributed by atoms with Crippen LogP contribution in [0.1, 0.15) is 39.0 Å². The molecule has 0 amide bonds. The summed E-state index contributed by atoms with van der Waals surface area (Å²) in [5.41, 5.74) is 6.10. The Morgan fingerprint density at radius 1 is 1.36 bits per heavy atom. The highest BCUT2D eigenvalue weighted by atomic mass is 15.1. The van der Waals surface area contributed by atoms with E-state index in [0.29, 0.717) is 6.04 Å². The van der Waals surface area contributed by atoms with Crippen LogP contribution in [0.5, 0.6) is 0 Å². The molecule has 2 atom stereocenters. The van der Waals surface area contributed by atoms with Gasteiger partial charge in [0, 0.05) is 12.6 Å². The summed E-state index contributed by atoms with van der Waals surface area (Å²) in [4.78, 5) is 2.61. The highest BCUT2D eigenvalue weighted by Crippen LogP contribution is 2.33. The number of hydrogen-bond donors (Lipinski definition) is 1. The molecule has 2 heteroatoms. The fourth-order valence-corrected chi connectivity index (χ4v) is 2.54. The first-order valence-corrected chi connectivity index (χ1v) is 6.27. The van der Waals surface area contributed by atoms with E-state index in [4.69, 9.17) is 5.73 Å². The van der Waals surface area contributed by atoms with Crippen molar-refractivity contribution in [1.82, 2.24) is 4.90 Å². The predicted octanol–water partition coefficient (Wildman–Crippen LogP) is 1.85. The fourth-order valence-electron chi connectivity index (χ4n) is 2.54. The molecule has 2 rings (SSSR count). The lowest BCUT2D eigenvalue weighted by Gasteiger charge is -2.18. The van der Waals surface area contributed by atoms with Gasteiger partial charge in [0.15, 0.2) is 0 Å². The maximum atomic E-state index is 6.10. The topological polar surface area (TPSA) is 29.3 Å². The van der Waals surface area contributed by atoms with Crippen LogP contribution < -0.4 is 5.73 Å². The van der Waals surface area contributed by atoms with Gasteiger partial charge < -0.3 is 10.6 Å². The highest BCUT2D eigenvalue weighted by Gasteiger charge is 2.29. The van der Waals surface area contributed by atoms with E-state index in [1.807, 2.05) is 0 Å². The Balaban J connectivity index is 1.61. The minimum absolute atomic E-state index is 0.496. The molecule has 2 nitrogen and oxygen atoms in total. The van der Waals surface area contributed by atoms with E-state index in [9.17, 15) is 0 Å². The van der Waals surface area contributed by atoms with Gasteiger partial charge in [0.2, 0.25) is 0 Å². The molecule has 0 aromatic carbocycles. The minimum Gasteiger partial charge on any atom is -0.327 e. The Morgan fingerprint density at radius 2 is 2.14 bits per heavy atom. The molecule has 0 aromatic heterocycles. The van der Waals surface area contributed by atoms with Crippen molar-refractivity contribution in [3.05, 3.63) is 0 Å². The third-order valence-corrected chi connectivity index (χ3v) is 3.95. The Kier molecular flexibility index (Phi) is 3.45. The van der Waals surface area contributed by atoms with E-state index in [1.165, 1.54) is 51.7 Å². The van der Waals surface area contributed by atoms with Crippen LogP contribution >= 0.6 is 0 Å². The molecule has 1 aliphatic heterocycles. The summed E-state index contributed by atoms with van der Waals surface area (Å²) >= 11 is 0. The molecule has 82 valence electrons. The van der Waals surface area contributed by atoms with Gasteiger partial charge in [-0.05, 0) is 50.6 Å². The molecule has 1 saturated carbocycles. The van der Waals surface area contributed by atoms with Gasteiger partial charge in [-0.3, -0.25) is 0 Å². The summed E-state index contributed by atoms with van der Waals surface area (Å²) in [5, 5.41) is 0. The number of nitrogens with two attached hydrogens (primary N) is 1. The Morgan fingerprint density at radius 3 is 2.71 bits per heavy atom. The molecule has 1 saturated heterocycles. The van der Waals surface area contributed by atoms with Crippen molar-refractivity contribution in [3.8, 4) is 0 Å². The normalized spacial score (nSPS) is 30.9. The summed E-state index contributed by atoms with van der Waals surface area (Å²) in [6.45, 7) is 6.20. The van der Waals surface area contributed by atoms with Gasteiger partial charge in [-0.25, -0.2) is 0 Å². The standard InChI is InChI=1S/C12H24N2/c1-2-10-5-7-14(9-10)8-6-12(13)11-3-4-11/h10-12H,2-9,13H2,1H3. The zero-order chi connectivity index (χ0) is 9.97. The average Bonchev–Trinajstić information content (AvgIpc) is 2.94. The van der Waals surface area contributed by atoms with E-state index in [-0.39, 0.29) is 0 Å². The third kappa shape index (κ3) is 2.71. The van der Waals surface area contributed by atoms with Gasteiger partial charge in [-0.1, -0.05) is 13.3 Å². The SMILES string of the molecule is CCC1CCN(CCC(N)C2CC2)C1. The first kappa shape index (κ1) is 10.4. The second-order valence-corrected chi connectivity index (χ2v) is 5.15. The van der Waals surface area contributed by atoms with Crippen molar-refractivity contribution in [3.63, 3.8) is 0 Å². The number of likely N-dealkylation sites (tertiary alicyclic amines) is 1. The van der Waals surface area contributed by atoms with Gasteiger partial charge in [0.05, 0.1) is 0 Å². The molecule has 0 spiro atoms. The second kappa shape index (κ2) is 4.63. The zero-order valence-electron chi connectivity index (χ0n) is 9.41. The zero-order valence-corrected chi connectivity index (χ0v) is 9.41. The maximum Gasteiger partial charge on any atom is 0.00793 e. The molecule has 0 aromatic rings. The summed E-state index contributed by atoms with van der Waals surface area (Å²) in [6, 6.07) is 0.496. The van der Waals surface area contributed by atoms with Crippen molar-refractivity contribution in [1.29, 1.82) is 0 Å². The first-order valence-electron chi connectivity index (χ1n) is 6.27. The maximum absolute atomic E-state index is 6.10. The molecule has 2 aliphatic rings. The van der Waals surface area contributed by atoms with Crippen molar-refractivity contribution in [2.45, 2.75) is 45.1 Å². The molecule has 0 radical (unpaired) electrons. The monoisotopic (exact) mass is 196 g/mol. The van der Waals surface area contributed by atoms with Crippen molar-refractivity contribution in [2.75, 3.05) is 19.6 Å². The van der Waals surface area contributed by atoms with E-state index >= 15 is 0 Å². The lowest BCUT2D eigenvalue weighted by Crippen LogP contribution is -2.30. The summed E-state index contributed by atoms with van der Waals surface area (Å²) in [5.74, 6) is 1.84. The lowest BCUT2D eigenvalue weighted by atomic mass is 10.1. The first-order chi connectivity index (χ1) is 6.79. The molecule has 1 heterocycles. The number of nitrogens with zero attached hydrogens (tertiary/aromatic N) is 1. The molecular formula is C12H24N2. The van der Waals surface area contributed by atoms with Crippen LogP contribution in [0.15, 0.2) is 0 Å². The Hall–Kier alpha value is -0.0800. The van der Waals surface area contributed by atoms with Crippen LogP contribution in [0.4, 0.5) is 0 Å². The molecule has 0 bridgehead atoms. The molecule has 2 unspecified atom stereocenters. The predicted molar refractivity (Wildman–Crippen MR) is 60.2 cm³/mol. The molecule has 1 aliphatic carbocycles.